The first kappa shape index (κ1) is 21.3. The van der Waals surface area contributed by atoms with E-state index in [9.17, 15) is 0 Å². The Hall–Kier alpha value is -2.38. The zero-order valence-corrected chi connectivity index (χ0v) is 18.4. The molecular weight excluding hydrogens is 386 g/mol. The highest BCUT2D eigenvalue weighted by molar-refractivity contribution is 6.31. The summed E-state index contributed by atoms with van der Waals surface area (Å²) in [6, 6.07) is 8.06. The SMILES string of the molecule is CCN1CCC[C@H](Nc2cc(C)nc(N=C(N)N(C)c3ccc(Cl)c(C)c3)n2)C1. The van der Waals surface area contributed by atoms with Gasteiger partial charge in [-0.25, -0.2) is 4.98 Å². The lowest BCUT2D eigenvalue weighted by Gasteiger charge is -2.32. The van der Waals surface area contributed by atoms with Crippen LogP contribution in [0.15, 0.2) is 29.3 Å². The number of likely N-dealkylation sites (N-methyl/N-ethyl adjacent to an activating group) is 1. The van der Waals surface area contributed by atoms with E-state index in [0.717, 1.165) is 47.3 Å². The molecule has 1 aliphatic rings. The highest BCUT2D eigenvalue weighted by Gasteiger charge is 2.19. The fourth-order valence-electron chi connectivity index (χ4n) is 3.49. The van der Waals surface area contributed by atoms with Crippen molar-refractivity contribution in [2.75, 3.05) is 36.9 Å². The third-order valence-corrected chi connectivity index (χ3v) is 5.66. The normalized spacial score (nSPS) is 18.0. The number of likely N-dealkylation sites (tertiary alicyclic amines) is 1. The zero-order chi connectivity index (χ0) is 21.0. The van der Waals surface area contributed by atoms with Gasteiger partial charge in [-0.1, -0.05) is 18.5 Å². The van der Waals surface area contributed by atoms with Gasteiger partial charge in [-0.3, -0.25) is 0 Å². The summed E-state index contributed by atoms with van der Waals surface area (Å²) in [7, 11) is 1.86. The van der Waals surface area contributed by atoms with Gasteiger partial charge in [-0.05, 0) is 63.5 Å². The molecule has 29 heavy (non-hydrogen) atoms. The smallest absolute Gasteiger partial charge is 0.254 e. The van der Waals surface area contributed by atoms with Gasteiger partial charge in [0, 0.05) is 42.1 Å². The number of nitrogens with one attached hydrogen (secondary N) is 1. The van der Waals surface area contributed by atoms with Crippen LogP contribution in [0.5, 0.6) is 0 Å². The van der Waals surface area contributed by atoms with E-state index in [1.165, 1.54) is 13.0 Å². The van der Waals surface area contributed by atoms with E-state index in [-0.39, 0.29) is 0 Å². The van der Waals surface area contributed by atoms with Crippen molar-refractivity contribution in [3.8, 4) is 0 Å². The van der Waals surface area contributed by atoms with Crippen LogP contribution in [0, 0.1) is 13.8 Å². The number of piperidine rings is 1. The van der Waals surface area contributed by atoms with Crippen LogP contribution in [0.25, 0.3) is 0 Å². The zero-order valence-electron chi connectivity index (χ0n) is 17.6. The summed E-state index contributed by atoms with van der Waals surface area (Å²) in [5.74, 6) is 1.46. The first-order valence-electron chi connectivity index (χ1n) is 10.0. The monoisotopic (exact) mass is 415 g/mol. The molecule has 0 bridgehead atoms. The molecule has 2 heterocycles. The first-order valence-corrected chi connectivity index (χ1v) is 10.4. The van der Waals surface area contributed by atoms with Crippen molar-refractivity contribution >= 4 is 35.0 Å². The molecular formula is C21H30ClN7. The lowest BCUT2D eigenvalue weighted by molar-refractivity contribution is 0.226. The molecule has 3 N–H and O–H groups in total. The van der Waals surface area contributed by atoms with E-state index in [4.69, 9.17) is 17.3 Å². The van der Waals surface area contributed by atoms with Crippen LogP contribution in [-0.4, -0.2) is 53.6 Å². The molecule has 1 aromatic heterocycles. The molecule has 1 aliphatic heterocycles. The van der Waals surface area contributed by atoms with Crippen LogP contribution >= 0.6 is 11.6 Å². The molecule has 8 heteroatoms. The van der Waals surface area contributed by atoms with E-state index in [0.29, 0.717) is 17.9 Å². The largest absolute Gasteiger partial charge is 0.369 e. The summed E-state index contributed by atoms with van der Waals surface area (Å²) in [4.78, 5) is 17.7. The molecule has 0 saturated carbocycles. The molecule has 1 aromatic carbocycles. The molecule has 3 rings (SSSR count). The molecule has 1 fully saturated rings. The van der Waals surface area contributed by atoms with Crippen LogP contribution in [-0.2, 0) is 0 Å². The minimum absolute atomic E-state index is 0.318. The Kier molecular flexibility index (Phi) is 6.92. The molecule has 2 aromatic rings. The Labute approximate surface area is 178 Å². The summed E-state index contributed by atoms with van der Waals surface area (Å²) < 4.78 is 0. The summed E-state index contributed by atoms with van der Waals surface area (Å²) >= 11 is 6.12. The number of rotatable bonds is 5. The minimum atomic E-state index is 0.318. The van der Waals surface area contributed by atoms with Crippen molar-refractivity contribution in [3.63, 3.8) is 0 Å². The number of nitrogens with two attached hydrogens (primary N) is 1. The predicted molar refractivity (Wildman–Crippen MR) is 121 cm³/mol. The Morgan fingerprint density at radius 3 is 2.86 bits per heavy atom. The molecule has 1 atom stereocenters. The Balaban J connectivity index is 1.76. The number of anilines is 2. The number of guanidine groups is 1. The van der Waals surface area contributed by atoms with Gasteiger partial charge in [-0.2, -0.15) is 9.98 Å². The molecule has 0 spiro atoms. The third-order valence-electron chi connectivity index (χ3n) is 5.23. The number of halogens is 1. The molecule has 0 radical (unpaired) electrons. The van der Waals surface area contributed by atoms with Crippen molar-refractivity contribution in [2.45, 2.75) is 39.7 Å². The van der Waals surface area contributed by atoms with Crippen molar-refractivity contribution in [2.24, 2.45) is 10.7 Å². The lowest BCUT2D eigenvalue weighted by atomic mass is 10.1. The molecule has 0 aliphatic carbocycles. The van der Waals surface area contributed by atoms with Gasteiger partial charge in [0.15, 0.2) is 0 Å². The Morgan fingerprint density at radius 2 is 2.14 bits per heavy atom. The third kappa shape index (κ3) is 5.58. The molecule has 1 saturated heterocycles. The number of hydrogen-bond acceptors (Lipinski definition) is 5. The highest BCUT2D eigenvalue weighted by atomic mass is 35.5. The van der Waals surface area contributed by atoms with Gasteiger partial charge in [0.1, 0.15) is 5.82 Å². The topological polar surface area (TPSA) is 82.7 Å². The van der Waals surface area contributed by atoms with E-state index in [2.05, 4.69) is 32.1 Å². The summed E-state index contributed by atoms with van der Waals surface area (Å²) in [5.41, 5.74) is 8.96. The van der Waals surface area contributed by atoms with Gasteiger partial charge in [0.2, 0.25) is 5.96 Å². The first-order chi connectivity index (χ1) is 13.9. The number of benzene rings is 1. The summed E-state index contributed by atoms with van der Waals surface area (Å²) in [6.45, 7) is 9.36. The number of aryl methyl sites for hydroxylation is 2. The maximum absolute atomic E-state index is 6.23. The van der Waals surface area contributed by atoms with Crippen molar-refractivity contribution in [3.05, 3.63) is 40.5 Å². The average molecular weight is 416 g/mol. The van der Waals surface area contributed by atoms with E-state index >= 15 is 0 Å². The standard InChI is InChI=1S/C21H30ClN7/c1-5-29-10-6-7-16(13-29)25-19-12-15(3)24-21(26-19)27-20(23)28(4)17-8-9-18(22)14(2)11-17/h8-9,11-12,16H,5-7,10,13H2,1-4H3,(H3,23,24,25,26,27)/t16-/m0/s1. The van der Waals surface area contributed by atoms with Gasteiger partial charge in [-0.15, -0.1) is 0 Å². The van der Waals surface area contributed by atoms with Crippen LogP contribution < -0.4 is 16.0 Å². The van der Waals surface area contributed by atoms with E-state index < -0.39 is 0 Å². The number of hydrogen-bond donors (Lipinski definition) is 2. The van der Waals surface area contributed by atoms with Gasteiger partial charge < -0.3 is 20.9 Å². The van der Waals surface area contributed by atoms with Gasteiger partial charge in [0.05, 0.1) is 0 Å². The molecule has 0 amide bonds. The molecule has 7 nitrogen and oxygen atoms in total. The number of aromatic nitrogens is 2. The van der Waals surface area contributed by atoms with Crippen LogP contribution in [0.1, 0.15) is 31.0 Å². The maximum Gasteiger partial charge on any atom is 0.254 e. The van der Waals surface area contributed by atoms with E-state index in [1.54, 1.807) is 4.90 Å². The van der Waals surface area contributed by atoms with Crippen LogP contribution in [0.2, 0.25) is 5.02 Å². The molecule has 156 valence electrons. The van der Waals surface area contributed by atoms with Gasteiger partial charge >= 0.3 is 0 Å². The maximum atomic E-state index is 6.23. The van der Waals surface area contributed by atoms with Crippen molar-refractivity contribution < 1.29 is 0 Å². The summed E-state index contributed by atoms with van der Waals surface area (Å²) in [6.07, 6.45) is 2.33. The Bertz CT molecular complexity index is 883. The minimum Gasteiger partial charge on any atom is -0.369 e. The van der Waals surface area contributed by atoms with Crippen LogP contribution in [0.4, 0.5) is 17.5 Å². The number of aliphatic imine (C=N–C) groups is 1. The fourth-order valence-corrected chi connectivity index (χ4v) is 3.61. The second-order valence-corrected chi connectivity index (χ2v) is 7.94. The number of nitrogens with zero attached hydrogens (tertiary/aromatic N) is 5. The average Bonchev–Trinajstić information content (AvgIpc) is 2.69. The Morgan fingerprint density at radius 1 is 1.34 bits per heavy atom. The predicted octanol–water partition coefficient (Wildman–Crippen LogP) is 3.73. The van der Waals surface area contributed by atoms with Crippen molar-refractivity contribution in [1.82, 2.24) is 14.9 Å². The lowest BCUT2D eigenvalue weighted by Crippen LogP contribution is -2.42. The fraction of sp³-hybridized carbons (Fsp3) is 0.476. The molecule has 0 unspecified atom stereocenters. The van der Waals surface area contributed by atoms with Crippen LogP contribution in [0.3, 0.4) is 0 Å². The van der Waals surface area contributed by atoms with Gasteiger partial charge in [0.25, 0.3) is 5.95 Å². The highest BCUT2D eigenvalue weighted by Crippen LogP contribution is 2.22. The second kappa shape index (κ2) is 9.41. The van der Waals surface area contributed by atoms with E-state index in [1.807, 2.05) is 45.2 Å². The van der Waals surface area contributed by atoms with Crippen molar-refractivity contribution in [1.29, 1.82) is 0 Å². The summed E-state index contributed by atoms with van der Waals surface area (Å²) in [5, 5.41) is 4.27. The quantitative estimate of drug-likeness (QED) is 0.572. The second-order valence-electron chi connectivity index (χ2n) is 7.53.